The molecule has 0 spiro atoms. The van der Waals surface area contributed by atoms with E-state index in [9.17, 15) is 38.8 Å². The van der Waals surface area contributed by atoms with E-state index in [2.05, 4.69) is 8.37 Å². The SMILES string of the molecule is Cc1cc(F)c(C2OS(=O)(=O)C3=C2S(=O)(=O)OC3c2c(F)cc(F)cc2F)c(F)c1. The Balaban J connectivity index is 2.00. The van der Waals surface area contributed by atoms with Crippen molar-refractivity contribution in [1.82, 2.24) is 0 Å². The average Bonchev–Trinajstić information content (AvgIpc) is 2.99. The van der Waals surface area contributed by atoms with Crippen molar-refractivity contribution in [2.75, 3.05) is 0 Å². The van der Waals surface area contributed by atoms with Gasteiger partial charge in [-0.25, -0.2) is 22.0 Å². The zero-order valence-corrected chi connectivity index (χ0v) is 16.3. The molecular weight excluding hydrogens is 459 g/mol. The molecule has 4 rings (SSSR count). The molecule has 2 atom stereocenters. The molecule has 0 radical (unpaired) electrons. The van der Waals surface area contributed by atoms with Crippen molar-refractivity contribution in [3.8, 4) is 0 Å². The van der Waals surface area contributed by atoms with Gasteiger partial charge in [-0.1, -0.05) is 0 Å². The van der Waals surface area contributed by atoms with E-state index >= 15 is 0 Å². The molecule has 0 aromatic heterocycles. The third-order valence-electron chi connectivity index (χ3n) is 4.50. The molecule has 160 valence electrons. The van der Waals surface area contributed by atoms with Crippen LogP contribution in [0.4, 0.5) is 22.0 Å². The topological polar surface area (TPSA) is 86.7 Å². The minimum Gasteiger partial charge on any atom is -0.252 e. The van der Waals surface area contributed by atoms with Crippen molar-refractivity contribution < 1.29 is 47.2 Å². The van der Waals surface area contributed by atoms with E-state index in [1.807, 2.05) is 0 Å². The predicted molar refractivity (Wildman–Crippen MR) is 89.9 cm³/mol. The van der Waals surface area contributed by atoms with Gasteiger partial charge in [0.05, 0.1) is 11.1 Å². The highest BCUT2D eigenvalue weighted by Crippen LogP contribution is 2.55. The van der Waals surface area contributed by atoms with Crippen LogP contribution in [0.15, 0.2) is 34.1 Å². The Morgan fingerprint density at radius 3 is 1.37 bits per heavy atom. The Bertz CT molecular complexity index is 1200. The van der Waals surface area contributed by atoms with Gasteiger partial charge in [0.1, 0.15) is 51.1 Å². The van der Waals surface area contributed by atoms with Crippen molar-refractivity contribution >= 4 is 20.2 Å². The molecule has 2 unspecified atom stereocenters. The highest BCUT2D eigenvalue weighted by atomic mass is 32.2. The summed E-state index contributed by atoms with van der Waals surface area (Å²) in [5, 5.41) is 0. The van der Waals surface area contributed by atoms with E-state index in [-0.39, 0.29) is 17.7 Å². The Hall–Kier alpha value is -2.35. The number of rotatable bonds is 2. The molecule has 0 saturated carbocycles. The van der Waals surface area contributed by atoms with Crippen LogP contribution in [-0.4, -0.2) is 16.8 Å². The van der Waals surface area contributed by atoms with Crippen LogP contribution in [-0.2, 0) is 28.6 Å². The van der Waals surface area contributed by atoms with Gasteiger partial charge in [0.15, 0.2) is 0 Å². The van der Waals surface area contributed by atoms with E-state index in [1.165, 1.54) is 6.92 Å². The zero-order chi connectivity index (χ0) is 22.2. The van der Waals surface area contributed by atoms with Crippen LogP contribution in [0.25, 0.3) is 0 Å². The van der Waals surface area contributed by atoms with Crippen LogP contribution in [0, 0.1) is 36.0 Å². The molecule has 2 aromatic carbocycles. The molecule has 0 fully saturated rings. The lowest BCUT2D eigenvalue weighted by Gasteiger charge is -2.17. The molecule has 0 saturated heterocycles. The first-order chi connectivity index (χ1) is 13.8. The fourth-order valence-electron chi connectivity index (χ4n) is 3.34. The third-order valence-corrected chi connectivity index (χ3v) is 7.46. The van der Waals surface area contributed by atoms with Crippen molar-refractivity contribution in [2.24, 2.45) is 0 Å². The fourth-order valence-corrected chi connectivity index (χ4v) is 6.73. The summed E-state index contributed by atoms with van der Waals surface area (Å²) in [5.41, 5.74) is -2.15. The smallest absolute Gasteiger partial charge is 0.252 e. The van der Waals surface area contributed by atoms with Crippen LogP contribution in [0.3, 0.4) is 0 Å². The highest BCUT2D eigenvalue weighted by molar-refractivity contribution is 7.96. The van der Waals surface area contributed by atoms with E-state index in [1.54, 1.807) is 0 Å². The summed E-state index contributed by atoms with van der Waals surface area (Å²) in [6.07, 6.45) is -4.72. The summed E-state index contributed by atoms with van der Waals surface area (Å²) < 4.78 is 130. The highest BCUT2D eigenvalue weighted by Gasteiger charge is 2.57. The second-order valence-electron chi connectivity index (χ2n) is 6.51. The van der Waals surface area contributed by atoms with Gasteiger partial charge < -0.3 is 0 Å². The molecule has 0 amide bonds. The average molecular weight is 468 g/mol. The molecule has 0 aliphatic carbocycles. The molecule has 2 aliphatic rings. The van der Waals surface area contributed by atoms with Crippen LogP contribution in [0.1, 0.15) is 28.9 Å². The van der Waals surface area contributed by atoms with Gasteiger partial charge in [0.25, 0.3) is 20.2 Å². The molecule has 6 nitrogen and oxygen atoms in total. The van der Waals surface area contributed by atoms with Gasteiger partial charge in [-0.05, 0) is 24.6 Å². The minimum absolute atomic E-state index is 0.114. The molecule has 2 heterocycles. The van der Waals surface area contributed by atoms with E-state index in [0.29, 0.717) is 0 Å². The van der Waals surface area contributed by atoms with E-state index in [0.717, 1.165) is 12.1 Å². The lowest BCUT2D eigenvalue weighted by molar-refractivity contribution is 0.234. The summed E-state index contributed by atoms with van der Waals surface area (Å²) in [4.78, 5) is -2.45. The predicted octanol–water partition coefficient (Wildman–Crippen LogP) is 3.40. The quantitative estimate of drug-likeness (QED) is 0.496. The van der Waals surface area contributed by atoms with Crippen LogP contribution < -0.4 is 0 Å². The summed E-state index contributed by atoms with van der Waals surface area (Å²) in [6, 6.07) is 2.00. The Kier molecular flexibility index (Phi) is 4.58. The monoisotopic (exact) mass is 468 g/mol. The molecule has 0 N–H and O–H groups in total. The third kappa shape index (κ3) is 3.04. The largest absolute Gasteiger partial charge is 0.298 e. The Morgan fingerprint density at radius 2 is 1.00 bits per heavy atom. The normalized spacial score (nSPS) is 24.3. The lowest BCUT2D eigenvalue weighted by atomic mass is 10.0. The minimum atomic E-state index is -5.06. The zero-order valence-electron chi connectivity index (χ0n) is 14.6. The number of hydrogen-bond acceptors (Lipinski definition) is 6. The Morgan fingerprint density at radius 1 is 0.667 bits per heavy atom. The van der Waals surface area contributed by atoms with E-state index in [4.69, 9.17) is 0 Å². The van der Waals surface area contributed by atoms with Crippen LogP contribution in [0.2, 0.25) is 0 Å². The summed E-state index contributed by atoms with van der Waals surface area (Å²) in [6.45, 7) is 1.33. The lowest BCUT2D eigenvalue weighted by Crippen LogP contribution is -2.18. The molecule has 2 aromatic rings. The summed E-state index contributed by atoms with van der Waals surface area (Å²) in [7, 11) is -10.1. The van der Waals surface area contributed by atoms with E-state index < -0.39 is 82.5 Å². The van der Waals surface area contributed by atoms with Gasteiger partial charge in [0.2, 0.25) is 0 Å². The van der Waals surface area contributed by atoms with Gasteiger partial charge in [0, 0.05) is 12.1 Å². The fraction of sp³-hybridized carbons (Fsp3) is 0.176. The molecule has 0 bridgehead atoms. The first-order valence-corrected chi connectivity index (χ1v) is 10.9. The van der Waals surface area contributed by atoms with Crippen molar-refractivity contribution in [3.63, 3.8) is 0 Å². The molecule has 2 aliphatic heterocycles. The van der Waals surface area contributed by atoms with Gasteiger partial charge in [-0.15, -0.1) is 0 Å². The summed E-state index contributed by atoms with van der Waals surface area (Å²) in [5.74, 6) is -7.23. The maximum absolute atomic E-state index is 14.4. The number of aryl methyl sites for hydroxylation is 1. The maximum Gasteiger partial charge on any atom is 0.298 e. The van der Waals surface area contributed by atoms with Gasteiger partial charge in [-0.2, -0.15) is 16.8 Å². The van der Waals surface area contributed by atoms with Crippen LogP contribution >= 0.6 is 0 Å². The second kappa shape index (κ2) is 6.57. The van der Waals surface area contributed by atoms with Gasteiger partial charge >= 0.3 is 0 Å². The second-order valence-corrected chi connectivity index (χ2v) is 9.60. The first-order valence-electron chi connectivity index (χ1n) is 8.04. The standard InChI is InChI=1S/C17H9F5O6S2/c1-6-2-8(19)12(9(20)3-6)14-16-17(30(25,26)27-14)15(28-29(16,23)24)13-10(21)4-7(18)5-11(13)22/h2-5,14-15H,1H3. The number of hydrogen-bond donors (Lipinski definition) is 0. The number of benzene rings is 2. The van der Waals surface area contributed by atoms with Crippen molar-refractivity contribution in [2.45, 2.75) is 19.1 Å². The molecule has 30 heavy (non-hydrogen) atoms. The summed E-state index contributed by atoms with van der Waals surface area (Å²) >= 11 is 0. The van der Waals surface area contributed by atoms with Gasteiger partial charge in [-0.3, -0.25) is 8.37 Å². The van der Waals surface area contributed by atoms with Crippen molar-refractivity contribution in [3.05, 3.63) is 79.9 Å². The van der Waals surface area contributed by atoms with Crippen LogP contribution in [0.5, 0.6) is 0 Å². The molecule has 13 heteroatoms. The van der Waals surface area contributed by atoms with Crippen molar-refractivity contribution in [1.29, 1.82) is 0 Å². The molecular formula is C17H9F5O6S2. The number of halogens is 5. The maximum atomic E-state index is 14.4. The first kappa shape index (κ1) is 20.9. The Labute approximate surface area is 166 Å².